The topological polar surface area (TPSA) is 98.5 Å². The second-order valence-corrected chi connectivity index (χ2v) is 5.73. The van der Waals surface area contributed by atoms with Crippen molar-refractivity contribution in [1.29, 1.82) is 0 Å². The molecule has 0 heterocycles. The minimum atomic E-state index is -3.62. The molecule has 0 amide bonds. The van der Waals surface area contributed by atoms with Crippen LogP contribution in [0.4, 0.5) is 11.4 Å². The summed E-state index contributed by atoms with van der Waals surface area (Å²) in [5.41, 5.74) is 6.10. The van der Waals surface area contributed by atoms with Crippen LogP contribution in [-0.4, -0.2) is 27.2 Å². The SMILES string of the molecule is COC(=O)CCS(=O)(=O)Nc1ccc(Cl)c(N)c1. The summed E-state index contributed by atoms with van der Waals surface area (Å²) in [5.74, 6) is -0.946. The Kier molecular flexibility index (Phi) is 4.80. The van der Waals surface area contributed by atoms with Gasteiger partial charge in [-0.05, 0) is 18.2 Å². The van der Waals surface area contributed by atoms with E-state index in [0.29, 0.717) is 10.7 Å². The van der Waals surface area contributed by atoms with Crippen molar-refractivity contribution in [3.8, 4) is 0 Å². The summed E-state index contributed by atoms with van der Waals surface area (Å²) in [6, 6.07) is 4.36. The molecule has 0 spiro atoms. The maximum atomic E-state index is 11.6. The second-order valence-electron chi connectivity index (χ2n) is 3.48. The molecule has 0 bridgehead atoms. The van der Waals surface area contributed by atoms with Gasteiger partial charge in [0, 0.05) is 0 Å². The molecule has 0 radical (unpaired) electrons. The molecule has 0 aliphatic heterocycles. The first kappa shape index (κ1) is 14.6. The van der Waals surface area contributed by atoms with E-state index >= 15 is 0 Å². The lowest BCUT2D eigenvalue weighted by Crippen LogP contribution is -2.19. The van der Waals surface area contributed by atoms with E-state index in [9.17, 15) is 13.2 Å². The first-order valence-electron chi connectivity index (χ1n) is 4.96. The van der Waals surface area contributed by atoms with Gasteiger partial charge in [-0.25, -0.2) is 8.42 Å². The van der Waals surface area contributed by atoms with Crippen molar-refractivity contribution in [3.63, 3.8) is 0 Å². The zero-order valence-electron chi connectivity index (χ0n) is 9.64. The predicted octanol–water partition coefficient (Wildman–Crippen LogP) is 1.23. The van der Waals surface area contributed by atoms with Gasteiger partial charge in [0.15, 0.2) is 0 Å². The smallest absolute Gasteiger partial charge is 0.306 e. The van der Waals surface area contributed by atoms with Crippen molar-refractivity contribution in [2.24, 2.45) is 0 Å². The Bertz CT molecular complexity index is 545. The number of nitrogens with two attached hydrogens (primary N) is 1. The van der Waals surface area contributed by atoms with Crippen LogP contribution in [0.2, 0.25) is 5.02 Å². The molecule has 18 heavy (non-hydrogen) atoms. The lowest BCUT2D eigenvalue weighted by Gasteiger charge is -2.08. The van der Waals surface area contributed by atoms with E-state index < -0.39 is 16.0 Å². The molecule has 100 valence electrons. The fourth-order valence-electron chi connectivity index (χ4n) is 1.16. The summed E-state index contributed by atoms with van der Waals surface area (Å²) in [6.07, 6.45) is -0.213. The molecule has 0 atom stereocenters. The molecule has 0 unspecified atom stereocenters. The van der Waals surface area contributed by atoms with E-state index in [-0.39, 0.29) is 17.9 Å². The third-order valence-corrected chi connectivity index (χ3v) is 3.70. The van der Waals surface area contributed by atoms with Crippen molar-refractivity contribution < 1.29 is 17.9 Å². The molecule has 3 N–H and O–H groups in total. The first-order chi connectivity index (χ1) is 8.34. The monoisotopic (exact) mass is 292 g/mol. The van der Waals surface area contributed by atoms with Gasteiger partial charge >= 0.3 is 5.97 Å². The van der Waals surface area contributed by atoms with Gasteiger partial charge < -0.3 is 10.5 Å². The van der Waals surface area contributed by atoms with Gasteiger partial charge in [-0.1, -0.05) is 11.6 Å². The predicted molar refractivity (Wildman–Crippen MR) is 69.9 cm³/mol. The maximum absolute atomic E-state index is 11.6. The number of carbonyl (C=O) groups excluding carboxylic acids is 1. The average Bonchev–Trinajstić information content (AvgIpc) is 2.30. The minimum Gasteiger partial charge on any atom is -0.469 e. The van der Waals surface area contributed by atoms with E-state index in [0.717, 1.165) is 0 Å². The van der Waals surface area contributed by atoms with Crippen LogP contribution in [0.15, 0.2) is 18.2 Å². The van der Waals surface area contributed by atoms with Crippen molar-refractivity contribution >= 4 is 39.0 Å². The van der Waals surface area contributed by atoms with Gasteiger partial charge in [0.2, 0.25) is 10.0 Å². The average molecular weight is 293 g/mol. The van der Waals surface area contributed by atoms with E-state index in [1.165, 1.54) is 25.3 Å². The zero-order valence-corrected chi connectivity index (χ0v) is 11.2. The van der Waals surface area contributed by atoms with Gasteiger partial charge in [-0.15, -0.1) is 0 Å². The van der Waals surface area contributed by atoms with Crippen molar-refractivity contribution in [2.45, 2.75) is 6.42 Å². The van der Waals surface area contributed by atoms with E-state index in [1.54, 1.807) is 0 Å². The summed E-state index contributed by atoms with van der Waals surface area (Å²) < 4.78 is 29.9. The molecular weight excluding hydrogens is 280 g/mol. The highest BCUT2D eigenvalue weighted by Crippen LogP contribution is 2.23. The van der Waals surface area contributed by atoms with Crippen molar-refractivity contribution in [2.75, 3.05) is 23.3 Å². The Morgan fingerprint density at radius 3 is 2.72 bits per heavy atom. The fourth-order valence-corrected chi connectivity index (χ4v) is 2.30. The third-order valence-electron chi connectivity index (χ3n) is 2.07. The van der Waals surface area contributed by atoms with Crippen LogP contribution in [0.1, 0.15) is 6.42 Å². The van der Waals surface area contributed by atoms with Crippen LogP contribution >= 0.6 is 11.6 Å². The molecule has 0 saturated carbocycles. The molecule has 0 aliphatic carbocycles. The van der Waals surface area contributed by atoms with Crippen LogP contribution in [-0.2, 0) is 19.6 Å². The summed E-state index contributed by atoms with van der Waals surface area (Å²) in [4.78, 5) is 10.9. The Labute approximate surface area is 110 Å². The van der Waals surface area contributed by atoms with Crippen LogP contribution in [0.25, 0.3) is 0 Å². The number of esters is 1. The summed E-state index contributed by atoms with van der Waals surface area (Å²) in [7, 11) is -2.42. The quantitative estimate of drug-likeness (QED) is 0.628. The molecule has 0 aromatic heterocycles. The van der Waals surface area contributed by atoms with Crippen molar-refractivity contribution in [1.82, 2.24) is 0 Å². The zero-order chi connectivity index (χ0) is 13.8. The second kappa shape index (κ2) is 5.92. The maximum Gasteiger partial charge on any atom is 0.306 e. The largest absolute Gasteiger partial charge is 0.469 e. The molecule has 8 heteroatoms. The van der Waals surface area contributed by atoms with Gasteiger partial charge in [-0.3, -0.25) is 9.52 Å². The van der Waals surface area contributed by atoms with Gasteiger partial charge in [0.1, 0.15) is 0 Å². The number of anilines is 2. The van der Waals surface area contributed by atoms with Crippen LogP contribution in [0.5, 0.6) is 0 Å². The van der Waals surface area contributed by atoms with Crippen molar-refractivity contribution in [3.05, 3.63) is 23.2 Å². The number of nitrogens with one attached hydrogen (secondary N) is 1. The third kappa shape index (κ3) is 4.42. The minimum absolute atomic E-state index is 0.213. The number of carbonyl (C=O) groups is 1. The number of nitrogen functional groups attached to an aromatic ring is 1. The molecule has 6 nitrogen and oxygen atoms in total. The Balaban J connectivity index is 2.70. The first-order valence-corrected chi connectivity index (χ1v) is 6.99. The molecule has 0 aliphatic rings. The molecule has 1 aromatic carbocycles. The highest BCUT2D eigenvalue weighted by molar-refractivity contribution is 7.92. The lowest BCUT2D eigenvalue weighted by molar-refractivity contribution is -0.140. The summed E-state index contributed by atoms with van der Waals surface area (Å²) in [6.45, 7) is 0. The number of hydrogen-bond donors (Lipinski definition) is 2. The summed E-state index contributed by atoms with van der Waals surface area (Å²) >= 11 is 5.71. The van der Waals surface area contributed by atoms with E-state index in [2.05, 4.69) is 9.46 Å². The van der Waals surface area contributed by atoms with Crippen LogP contribution in [0.3, 0.4) is 0 Å². The van der Waals surface area contributed by atoms with E-state index in [4.69, 9.17) is 17.3 Å². The standard InChI is InChI=1S/C10H13ClN2O4S/c1-17-10(14)4-5-18(15,16)13-7-2-3-8(11)9(12)6-7/h2-3,6,13H,4-5,12H2,1H3. The molecule has 0 fully saturated rings. The molecule has 1 aromatic rings. The number of sulfonamides is 1. The number of methoxy groups -OCH3 is 1. The van der Waals surface area contributed by atoms with Gasteiger partial charge in [-0.2, -0.15) is 0 Å². The molecular formula is C10H13ClN2O4S. The molecule has 1 rings (SSSR count). The Hall–Kier alpha value is -1.47. The summed E-state index contributed by atoms with van der Waals surface area (Å²) in [5, 5.41) is 0.340. The number of rotatable bonds is 5. The number of benzene rings is 1. The van der Waals surface area contributed by atoms with Crippen LogP contribution in [0, 0.1) is 0 Å². The molecule has 0 saturated heterocycles. The normalized spacial score (nSPS) is 11.0. The fraction of sp³-hybridized carbons (Fsp3) is 0.300. The highest BCUT2D eigenvalue weighted by Gasteiger charge is 2.14. The van der Waals surface area contributed by atoms with Gasteiger partial charge in [0.05, 0.1) is 35.7 Å². The highest BCUT2D eigenvalue weighted by atomic mass is 35.5. The number of ether oxygens (including phenoxy) is 1. The van der Waals surface area contributed by atoms with Gasteiger partial charge in [0.25, 0.3) is 0 Å². The Morgan fingerprint density at radius 2 is 2.17 bits per heavy atom. The number of hydrogen-bond acceptors (Lipinski definition) is 5. The van der Waals surface area contributed by atoms with E-state index in [1.807, 2.05) is 0 Å². The van der Waals surface area contributed by atoms with Crippen LogP contribution < -0.4 is 10.5 Å². The lowest BCUT2D eigenvalue weighted by atomic mass is 10.3. The Morgan fingerprint density at radius 1 is 1.50 bits per heavy atom. The number of halogens is 1.